The van der Waals surface area contributed by atoms with Crippen LogP contribution in [0.4, 0.5) is 4.39 Å². The van der Waals surface area contributed by atoms with Gasteiger partial charge in [0.1, 0.15) is 12.2 Å². The molecule has 0 aromatic heterocycles. The number of alkyl halides is 1. The first-order valence-electron chi connectivity index (χ1n) is 5.29. The molecular formula is C10H17ClFNO2. The maximum absolute atomic E-state index is 13.5. The van der Waals surface area contributed by atoms with Crippen LogP contribution in [0.5, 0.6) is 0 Å². The number of rotatable bonds is 2. The molecule has 3 fully saturated rings. The first-order valence-corrected chi connectivity index (χ1v) is 5.29. The third-order valence-electron chi connectivity index (χ3n) is 3.21. The first-order chi connectivity index (χ1) is 6.72. The molecule has 2 heterocycles. The van der Waals surface area contributed by atoms with E-state index in [-0.39, 0.29) is 30.3 Å². The van der Waals surface area contributed by atoms with E-state index < -0.39 is 12.2 Å². The van der Waals surface area contributed by atoms with Gasteiger partial charge in [0.15, 0.2) is 0 Å². The minimum atomic E-state index is -0.829. The second-order valence-corrected chi connectivity index (χ2v) is 4.09. The van der Waals surface area contributed by atoms with Crippen LogP contribution in [0.1, 0.15) is 26.2 Å². The lowest BCUT2D eigenvalue weighted by Crippen LogP contribution is -2.60. The summed E-state index contributed by atoms with van der Waals surface area (Å²) in [6.07, 6.45) is 1.52. The summed E-state index contributed by atoms with van der Waals surface area (Å²) in [6.45, 7) is 2.14. The van der Waals surface area contributed by atoms with E-state index >= 15 is 0 Å². The van der Waals surface area contributed by atoms with Gasteiger partial charge in [0, 0.05) is 12.0 Å². The van der Waals surface area contributed by atoms with Crippen molar-refractivity contribution >= 4 is 18.4 Å². The number of hydrogen-bond acceptors (Lipinski definition) is 3. The summed E-state index contributed by atoms with van der Waals surface area (Å²) in [6, 6.07) is -0.234. The van der Waals surface area contributed by atoms with Crippen LogP contribution < -0.4 is 5.32 Å². The number of halogens is 2. The molecule has 0 aromatic carbocycles. The molecule has 1 saturated carbocycles. The molecule has 2 saturated heterocycles. The molecule has 0 amide bonds. The van der Waals surface area contributed by atoms with Crippen LogP contribution in [0.25, 0.3) is 0 Å². The molecule has 3 nitrogen and oxygen atoms in total. The number of hydrogen-bond donors (Lipinski definition) is 1. The molecule has 15 heavy (non-hydrogen) atoms. The van der Waals surface area contributed by atoms with Gasteiger partial charge in [0.05, 0.1) is 6.61 Å². The van der Waals surface area contributed by atoms with Crippen LogP contribution >= 0.6 is 12.4 Å². The van der Waals surface area contributed by atoms with Crippen LogP contribution in [0, 0.1) is 5.92 Å². The van der Waals surface area contributed by atoms with Crippen LogP contribution in [-0.2, 0) is 9.53 Å². The maximum atomic E-state index is 13.5. The molecule has 1 aliphatic carbocycles. The summed E-state index contributed by atoms with van der Waals surface area (Å²) in [4.78, 5) is 11.5. The van der Waals surface area contributed by atoms with Gasteiger partial charge in [-0.05, 0) is 26.2 Å². The van der Waals surface area contributed by atoms with Crippen molar-refractivity contribution in [3.8, 4) is 0 Å². The van der Waals surface area contributed by atoms with E-state index in [4.69, 9.17) is 4.74 Å². The number of nitrogens with one attached hydrogen (secondary N) is 1. The quantitative estimate of drug-likeness (QED) is 0.739. The van der Waals surface area contributed by atoms with E-state index in [0.717, 1.165) is 12.8 Å². The zero-order valence-corrected chi connectivity index (χ0v) is 9.56. The van der Waals surface area contributed by atoms with Crippen molar-refractivity contribution in [2.45, 2.75) is 44.4 Å². The summed E-state index contributed by atoms with van der Waals surface area (Å²) >= 11 is 0. The Morgan fingerprint density at radius 1 is 1.53 bits per heavy atom. The van der Waals surface area contributed by atoms with Crippen LogP contribution in [0.2, 0.25) is 0 Å². The molecule has 1 N–H and O–H groups in total. The van der Waals surface area contributed by atoms with Crippen LogP contribution in [0.3, 0.4) is 0 Å². The average molecular weight is 238 g/mol. The third-order valence-corrected chi connectivity index (χ3v) is 3.21. The molecule has 3 aliphatic rings. The Morgan fingerprint density at radius 3 is 2.80 bits per heavy atom. The monoisotopic (exact) mass is 237 g/mol. The topological polar surface area (TPSA) is 38.3 Å². The highest BCUT2D eigenvalue weighted by atomic mass is 35.5. The van der Waals surface area contributed by atoms with Gasteiger partial charge in [-0.2, -0.15) is 0 Å². The predicted octanol–water partition coefficient (Wildman–Crippen LogP) is 1.45. The predicted molar refractivity (Wildman–Crippen MR) is 56.8 cm³/mol. The lowest BCUT2D eigenvalue weighted by molar-refractivity contribution is -0.151. The highest BCUT2D eigenvalue weighted by molar-refractivity contribution is 5.85. The fourth-order valence-electron chi connectivity index (χ4n) is 2.52. The molecule has 0 radical (unpaired) electrons. The van der Waals surface area contributed by atoms with Crippen molar-refractivity contribution < 1.29 is 13.9 Å². The van der Waals surface area contributed by atoms with E-state index in [1.165, 1.54) is 0 Å². The average Bonchev–Trinajstić information content (AvgIpc) is 2.18. The van der Waals surface area contributed by atoms with E-state index in [1.807, 2.05) is 0 Å². The van der Waals surface area contributed by atoms with Crippen LogP contribution in [0.15, 0.2) is 0 Å². The van der Waals surface area contributed by atoms with Gasteiger partial charge < -0.3 is 10.1 Å². The zero-order chi connectivity index (χ0) is 10.1. The van der Waals surface area contributed by atoms with Gasteiger partial charge in [-0.15, -0.1) is 12.4 Å². The van der Waals surface area contributed by atoms with Crippen LogP contribution in [-0.4, -0.2) is 30.8 Å². The Balaban J connectivity index is 0.00000112. The van der Waals surface area contributed by atoms with E-state index in [9.17, 15) is 9.18 Å². The van der Waals surface area contributed by atoms with Gasteiger partial charge in [0.2, 0.25) is 0 Å². The standard InChI is InChI=1S/C10H16FNO2.ClH/c1-2-14-10(13)9-7-4-3-6(12-9)5-8(7)11;/h6-9,12H,2-5H2,1H3;1H. The number of fused-ring (bicyclic) bond motifs is 3. The van der Waals surface area contributed by atoms with E-state index in [2.05, 4.69) is 5.32 Å². The lowest BCUT2D eigenvalue weighted by Gasteiger charge is -2.44. The molecule has 0 aromatic rings. The second-order valence-electron chi connectivity index (χ2n) is 4.09. The molecule has 3 rings (SSSR count). The number of carbonyl (C=O) groups is 1. The Morgan fingerprint density at radius 2 is 2.27 bits per heavy atom. The normalized spacial score (nSPS) is 38.3. The van der Waals surface area contributed by atoms with Gasteiger partial charge in [-0.25, -0.2) is 4.39 Å². The molecule has 4 atom stereocenters. The number of esters is 1. The molecule has 0 spiro atoms. The van der Waals surface area contributed by atoms with Crippen molar-refractivity contribution in [3.05, 3.63) is 0 Å². The Hall–Kier alpha value is -0.350. The third kappa shape index (κ3) is 2.42. The Bertz CT molecular complexity index is 239. The summed E-state index contributed by atoms with van der Waals surface area (Å²) in [5.41, 5.74) is 0. The van der Waals surface area contributed by atoms with Crippen molar-refractivity contribution in [2.24, 2.45) is 5.92 Å². The van der Waals surface area contributed by atoms with Gasteiger partial charge in [0.25, 0.3) is 0 Å². The highest BCUT2D eigenvalue weighted by Crippen LogP contribution is 2.35. The van der Waals surface area contributed by atoms with E-state index in [0.29, 0.717) is 13.0 Å². The Kier molecular flexibility index (Phi) is 4.34. The smallest absolute Gasteiger partial charge is 0.323 e. The fraction of sp³-hybridized carbons (Fsp3) is 0.900. The minimum absolute atomic E-state index is 0. The highest BCUT2D eigenvalue weighted by Gasteiger charge is 2.45. The lowest BCUT2D eigenvalue weighted by atomic mass is 9.75. The summed E-state index contributed by atoms with van der Waals surface area (Å²) in [5, 5.41) is 3.15. The second kappa shape index (κ2) is 5.12. The summed E-state index contributed by atoms with van der Waals surface area (Å²) in [5.74, 6) is -0.455. The number of ether oxygens (including phenoxy) is 1. The molecule has 2 bridgehead atoms. The maximum Gasteiger partial charge on any atom is 0.323 e. The number of carbonyl (C=O) groups excluding carboxylic acids is 1. The first kappa shape index (κ1) is 12.7. The molecule has 88 valence electrons. The van der Waals surface area contributed by atoms with Gasteiger partial charge in [-0.1, -0.05) is 0 Å². The fourth-order valence-corrected chi connectivity index (χ4v) is 2.52. The van der Waals surface area contributed by atoms with Gasteiger partial charge in [-0.3, -0.25) is 4.79 Å². The molecule has 5 heteroatoms. The molecular weight excluding hydrogens is 221 g/mol. The summed E-state index contributed by atoms with van der Waals surface area (Å²) < 4.78 is 18.4. The number of piperidine rings is 2. The molecule has 4 unspecified atom stereocenters. The van der Waals surface area contributed by atoms with Crippen molar-refractivity contribution in [1.29, 1.82) is 0 Å². The summed E-state index contributed by atoms with van der Waals surface area (Å²) in [7, 11) is 0. The Labute approximate surface area is 95.2 Å². The largest absolute Gasteiger partial charge is 0.465 e. The molecule has 2 aliphatic heterocycles. The SMILES string of the molecule is CCOC(=O)C1NC2CCC1C(F)C2.Cl. The van der Waals surface area contributed by atoms with Crippen molar-refractivity contribution in [3.63, 3.8) is 0 Å². The van der Waals surface area contributed by atoms with E-state index in [1.54, 1.807) is 6.92 Å². The van der Waals surface area contributed by atoms with Crippen molar-refractivity contribution in [1.82, 2.24) is 5.32 Å². The van der Waals surface area contributed by atoms with Crippen molar-refractivity contribution in [2.75, 3.05) is 6.61 Å². The van der Waals surface area contributed by atoms with Gasteiger partial charge >= 0.3 is 5.97 Å². The minimum Gasteiger partial charge on any atom is -0.465 e. The zero-order valence-electron chi connectivity index (χ0n) is 8.74.